The summed E-state index contributed by atoms with van der Waals surface area (Å²) < 4.78 is 16.8. The molecule has 0 aromatic carbocycles. The fraction of sp³-hybridized carbons (Fsp3) is 0.943. The summed E-state index contributed by atoms with van der Waals surface area (Å²) in [4.78, 5) is 37.8. The number of hydrogen-bond acceptors (Lipinski definition) is 6. The molecular formula is C53H102O6. The molecule has 0 aromatic rings. The van der Waals surface area contributed by atoms with Gasteiger partial charge in [0, 0.05) is 19.3 Å². The lowest BCUT2D eigenvalue weighted by Gasteiger charge is -2.18. The van der Waals surface area contributed by atoms with Crippen LogP contribution in [0.2, 0.25) is 0 Å². The average Bonchev–Trinajstić information content (AvgIpc) is 3.19. The van der Waals surface area contributed by atoms with Gasteiger partial charge in [-0.2, -0.15) is 0 Å². The van der Waals surface area contributed by atoms with Crippen LogP contribution < -0.4 is 0 Å². The van der Waals surface area contributed by atoms with E-state index in [2.05, 4.69) is 41.5 Å². The predicted octanol–water partition coefficient (Wildman–Crippen LogP) is 16.8. The van der Waals surface area contributed by atoms with E-state index in [1.807, 2.05) is 0 Å². The minimum Gasteiger partial charge on any atom is -0.462 e. The molecule has 0 N–H and O–H groups in total. The largest absolute Gasteiger partial charge is 0.462 e. The van der Waals surface area contributed by atoms with Crippen molar-refractivity contribution in [3.8, 4) is 0 Å². The lowest BCUT2D eigenvalue weighted by molar-refractivity contribution is -0.167. The maximum absolute atomic E-state index is 12.8. The standard InChI is InChI=1S/C53H102O6/c1-47(2)39-33-27-21-17-15-13-11-9-7-8-10-12-14-16-18-24-32-38-44-53(56)59-50(46-58-52(55)43-37-31-26-25-29-35-41-49(5)6)45-57-51(54)42-36-30-23-20-19-22-28-34-40-48(3)4/h47-50H,7-46H2,1-6H3/t50-/m0/s1. The van der Waals surface area contributed by atoms with Gasteiger partial charge in [0.2, 0.25) is 0 Å². The molecule has 0 aromatic heterocycles. The van der Waals surface area contributed by atoms with E-state index >= 15 is 0 Å². The van der Waals surface area contributed by atoms with Crippen molar-refractivity contribution in [1.82, 2.24) is 0 Å². The van der Waals surface area contributed by atoms with Crippen molar-refractivity contribution in [3.05, 3.63) is 0 Å². The molecule has 0 bridgehead atoms. The van der Waals surface area contributed by atoms with Crippen molar-refractivity contribution in [1.29, 1.82) is 0 Å². The highest BCUT2D eigenvalue weighted by atomic mass is 16.6. The maximum atomic E-state index is 12.8. The molecule has 59 heavy (non-hydrogen) atoms. The third-order valence-corrected chi connectivity index (χ3v) is 11.9. The molecule has 0 radical (unpaired) electrons. The molecule has 0 aliphatic carbocycles. The zero-order chi connectivity index (χ0) is 43.4. The van der Waals surface area contributed by atoms with Crippen LogP contribution in [0.3, 0.4) is 0 Å². The summed E-state index contributed by atoms with van der Waals surface area (Å²) in [5.41, 5.74) is 0. The average molecular weight is 835 g/mol. The number of carbonyl (C=O) groups excluding carboxylic acids is 3. The quantitative estimate of drug-likeness (QED) is 0.0345. The highest BCUT2D eigenvalue weighted by molar-refractivity contribution is 5.71. The van der Waals surface area contributed by atoms with Gasteiger partial charge in [-0.05, 0) is 37.0 Å². The molecular weight excluding hydrogens is 733 g/mol. The van der Waals surface area contributed by atoms with Gasteiger partial charge in [0.25, 0.3) is 0 Å². The molecule has 1 atom stereocenters. The van der Waals surface area contributed by atoms with E-state index in [0.717, 1.165) is 75.5 Å². The van der Waals surface area contributed by atoms with Crippen LogP contribution in [0.25, 0.3) is 0 Å². The topological polar surface area (TPSA) is 78.9 Å². The fourth-order valence-electron chi connectivity index (χ4n) is 7.94. The Morgan fingerprint density at radius 3 is 0.729 bits per heavy atom. The van der Waals surface area contributed by atoms with Crippen LogP contribution in [0.4, 0.5) is 0 Å². The number of hydrogen-bond donors (Lipinski definition) is 0. The zero-order valence-corrected chi connectivity index (χ0v) is 40.5. The van der Waals surface area contributed by atoms with Crippen molar-refractivity contribution < 1.29 is 28.6 Å². The highest BCUT2D eigenvalue weighted by Gasteiger charge is 2.19. The molecule has 350 valence electrons. The number of rotatable bonds is 46. The van der Waals surface area contributed by atoms with E-state index in [1.165, 1.54) is 167 Å². The Hall–Kier alpha value is -1.59. The third kappa shape index (κ3) is 47.3. The smallest absolute Gasteiger partial charge is 0.306 e. The first-order valence-electron chi connectivity index (χ1n) is 26.1. The van der Waals surface area contributed by atoms with Crippen molar-refractivity contribution in [2.24, 2.45) is 17.8 Å². The molecule has 0 fully saturated rings. The van der Waals surface area contributed by atoms with Gasteiger partial charge in [0.15, 0.2) is 6.10 Å². The first-order chi connectivity index (χ1) is 28.6. The summed E-state index contributed by atoms with van der Waals surface area (Å²) in [6.07, 6.45) is 44.0. The van der Waals surface area contributed by atoms with Crippen LogP contribution in [0.1, 0.15) is 286 Å². The van der Waals surface area contributed by atoms with Crippen LogP contribution >= 0.6 is 0 Å². The van der Waals surface area contributed by atoms with Crippen LogP contribution in [0.15, 0.2) is 0 Å². The Morgan fingerprint density at radius 1 is 0.288 bits per heavy atom. The van der Waals surface area contributed by atoms with Crippen LogP contribution in [-0.2, 0) is 28.6 Å². The molecule has 0 spiro atoms. The lowest BCUT2D eigenvalue weighted by atomic mass is 10.0. The van der Waals surface area contributed by atoms with Crippen molar-refractivity contribution >= 4 is 17.9 Å². The minimum atomic E-state index is -0.763. The zero-order valence-electron chi connectivity index (χ0n) is 40.5. The summed E-state index contributed by atoms with van der Waals surface area (Å²) in [6.45, 7) is 13.6. The van der Waals surface area contributed by atoms with Gasteiger partial charge < -0.3 is 14.2 Å². The molecule has 0 amide bonds. The van der Waals surface area contributed by atoms with Gasteiger partial charge >= 0.3 is 17.9 Å². The van der Waals surface area contributed by atoms with Gasteiger partial charge in [-0.3, -0.25) is 14.4 Å². The summed E-state index contributed by atoms with van der Waals surface area (Å²) in [7, 11) is 0. The highest BCUT2D eigenvalue weighted by Crippen LogP contribution is 2.18. The molecule has 0 aliphatic rings. The summed E-state index contributed by atoms with van der Waals surface area (Å²) >= 11 is 0. The summed E-state index contributed by atoms with van der Waals surface area (Å²) in [5, 5.41) is 0. The van der Waals surface area contributed by atoms with Crippen molar-refractivity contribution in [2.45, 2.75) is 292 Å². The minimum absolute atomic E-state index is 0.0661. The van der Waals surface area contributed by atoms with Gasteiger partial charge in [-0.1, -0.05) is 247 Å². The van der Waals surface area contributed by atoms with Crippen LogP contribution in [-0.4, -0.2) is 37.2 Å². The third-order valence-electron chi connectivity index (χ3n) is 11.9. The van der Waals surface area contributed by atoms with Gasteiger partial charge in [0.1, 0.15) is 13.2 Å². The summed E-state index contributed by atoms with van der Waals surface area (Å²) in [6, 6.07) is 0. The van der Waals surface area contributed by atoms with Crippen molar-refractivity contribution in [2.75, 3.05) is 13.2 Å². The van der Waals surface area contributed by atoms with E-state index in [-0.39, 0.29) is 31.1 Å². The van der Waals surface area contributed by atoms with Gasteiger partial charge in [-0.15, -0.1) is 0 Å². The molecule has 0 rings (SSSR count). The van der Waals surface area contributed by atoms with Crippen molar-refractivity contribution in [3.63, 3.8) is 0 Å². The lowest BCUT2D eigenvalue weighted by Crippen LogP contribution is -2.30. The monoisotopic (exact) mass is 835 g/mol. The predicted molar refractivity (Wildman–Crippen MR) is 252 cm³/mol. The molecule has 0 saturated carbocycles. The molecule has 6 heteroatoms. The second-order valence-corrected chi connectivity index (χ2v) is 19.6. The Kier molecular flexibility index (Phi) is 43.3. The first kappa shape index (κ1) is 57.4. The van der Waals surface area contributed by atoms with Crippen LogP contribution in [0, 0.1) is 17.8 Å². The van der Waals surface area contributed by atoms with E-state index < -0.39 is 6.10 Å². The molecule has 6 nitrogen and oxygen atoms in total. The van der Waals surface area contributed by atoms with E-state index in [1.54, 1.807) is 0 Å². The van der Waals surface area contributed by atoms with Gasteiger partial charge in [0.05, 0.1) is 0 Å². The fourth-order valence-corrected chi connectivity index (χ4v) is 7.94. The Balaban J connectivity index is 4.20. The second kappa shape index (κ2) is 44.5. The van der Waals surface area contributed by atoms with Crippen LogP contribution in [0.5, 0.6) is 0 Å². The molecule has 0 saturated heterocycles. The molecule has 0 heterocycles. The summed E-state index contributed by atoms with van der Waals surface area (Å²) in [5.74, 6) is 1.56. The number of ether oxygens (including phenoxy) is 3. The van der Waals surface area contributed by atoms with E-state index in [9.17, 15) is 14.4 Å². The van der Waals surface area contributed by atoms with E-state index in [4.69, 9.17) is 14.2 Å². The molecule has 0 aliphatic heterocycles. The second-order valence-electron chi connectivity index (χ2n) is 19.6. The first-order valence-corrected chi connectivity index (χ1v) is 26.1. The normalized spacial score (nSPS) is 12.2. The molecule has 0 unspecified atom stereocenters. The number of carbonyl (C=O) groups is 3. The van der Waals surface area contributed by atoms with E-state index in [0.29, 0.717) is 19.3 Å². The SMILES string of the molecule is CC(C)CCCCCCCCCCCCCCCCCCCCC(=O)O[C@@H](COC(=O)CCCCCCCCCCC(C)C)COC(=O)CCCCCCCCC(C)C. The number of esters is 3. The Morgan fingerprint density at radius 2 is 0.492 bits per heavy atom. The Bertz CT molecular complexity index is 914. The number of unbranched alkanes of at least 4 members (excludes halogenated alkanes) is 29. The Labute approximate surface area is 368 Å². The maximum Gasteiger partial charge on any atom is 0.306 e. The van der Waals surface area contributed by atoms with Gasteiger partial charge in [-0.25, -0.2) is 0 Å².